The van der Waals surface area contributed by atoms with Crippen LogP contribution in [0.25, 0.3) is 0 Å². The Bertz CT molecular complexity index is 383. The molecular formula is C12H15F2NO2. The van der Waals surface area contributed by atoms with Crippen LogP contribution in [-0.2, 0) is 4.74 Å². The fourth-order valence-electron chi connectivity index (χ4n) is 1.29. The highest BCUT2D eigenvalue weighted by Crippen LogP contribution is 2.09. The second-order valence-corrected chi connectivity index (χ2v) is 3.43. The molecule has 17 heavy (non-hydrogen) atoms. The zero-order valence-electron chi connectivity index (χ0n) is 9.63. The maximum absolute atomic E-state index is 13.2. The van der Waals surface area contributed by atoms with Gasteiger partial charge in [0.05, 0.1) is 5.56 Å². The topological polar surface area (TPSA) is 38.3 Å². The van der Waals surface area contributed by atoms with Gasteiger partial charge in [0.15, 0.2) is 0 Å². The SMILES string of the molecule is CCOCCCNC(=O)c1ccc(F)cc1F. The molecule has 0 spiro atoms. The summed E-state index contributed by atoms with van der Waals surface area (Å²) in [5, 5.41) is 2.54. The van der Waals surface area contributed by atoms with Gasteiger partial charge in [0.1, 0.15) is 11.6 Å². The van der Waals surface area contributed by atoms with Crippen molar-refractivity contribution in [1.29, 1.82) is 0 Å². The molecule has 0 heterocycles. The molecule has 0 aliphatic rings. The Balaban J connectivity index is 2.42. The largest absolute Gasteiger partial charge is 0.382 e. The summed E-state index contributed by atoms with van der Waals surface area (Å²) in [6.45, 7) is 3.45. The first kappa shape index (κ1) is 13.6. The molecule has 1 aromatic carbocycles. The maximum atomic E-state index is 13.2. The number of carbonyl (C=O) groups excluding carboxylic acids is 1. The number of halogens is 2. The smallest absolute Gasteiger partial charge is 0.254 e. The van der Waals surface area contributed by atoms with Gasteiger partial charge in [0, 0.05) is 25.8 Å². The summed E-state index contributed by atoms with van der Waals surface area (Å²) in [6.07, 6.45) is 0.655. The predicted molar refractivity (Wildman–Crippen MR) is 59.8 cm³/mol. The minimum atomic E-state index is -0.854. The molecule has 1 rings (SSSR count). The molecule has 0 aliphatic carbocycles. The van der Waals surface area contributed by atoms with Crippen molar-refractivity contribution in [3.05, 3.63) is 35.4 Å². The number of hydrogen-bond donors (Lipinski definition) is 1. The van der Waals surface area contributed by atoms with Crippen molar-refractivity contribution in [2.45, 2.75) is 13.3 Å². The van der Waals surface area contributed by atoms with Crippen LogP contribution >= 0.6 is 0 Å². The molecule has 5 heteroatoms. The van der Waals surface area contributed by atoms with Gasteiger partial charge in [-0.15, -0.1) is 0 Å². The molecular weight excluding hydrogens is 228 g/mol. The van der Waals surface area contributed by atoms with E-state index in [9.17, 15) is 13.6 Å². The number of hydrogen-bond acceptors (Lipinski definition) is 2. The third-order valence-electron chi connectivity index (χ3n) is 2.13. The summed E-state index contributed by atoms with van der Waals surface area (Å²) in [5.74, 6) is -2.10. The van der Waals surface area contributed by atoms with Crippen molar-refractivity contribution < 1.29 is 18.3 Å². The Hall–Kier alpha value is -1.49. The van der Waals surface area contributed by atoms with Crippen molar-refractivity contribution >= 4 is 5.91 Å². The van der Waals surface area contributed by atoms with Gasteiger partial charge >= 0.3 is 0 Å². The molecule has 0 bridgehead atoms. The van der Waals surface area contributed by atoms with E-state index in [1.807, 2.05) is 6.92 Å². The Morgan fingerprint density at radius 1 is 1.41 bits per heavy atom. The second kappa shape index (κ2) is 6.96. The Morgan fingerprint density at radius 2 is 2.18 bits per heavy atom. The van der Waals surface area contributed by atoms with Crippen LogP contribution in [-0.4, -0.2) is 25.7 Å². The third kappa shape index (κ3) is 4.48. The highest BCUT2D eigenvalue weighted by Gasteiger charge is 2.11. The van der Waals surface area contributed by atoms with Crippen LogP contribution in [0.2, 0.25) is 0 Å². The van der Waals surface area contributed by atoms with Gasteiger partial charge in [-0.2, -0.15) is 0 Å². The molecule has 0 unspecified atom stereocenters. The van der Waals surface area contributed by atoms with Crippen molar-refractivity contribution in [2.75, 3.05) is 19.8 Å². The first-order valence-corrected chi connectivity index (χ1v) is 5.46. The van der Waals surface area contributed by atoms with E-state index in [4.69, 9.17) is 4.74 Å². The van der Waals surface area contributed by atoms with Crippen molar-refractivity contribution in [1.82, 2.24) is 5.32 Å². The molecule has 0 atom stereocenters. The summed E-state index contributed by atoms with van der Waals surface area (Å²) < 4.78 is 30.9. The molecule has 0 saturated heterocycles. The monoisotopic (exact) mass is 243 g/mol. The summed E-state index contributed by atoms with van der Waals surface area (Å²) >= 11 is 0. The number of benzene rings is 1. The lowest BCUT2D eigenvalue weighted by Gasteiger charge is -2.06. The van der Waals surface area contributed by atoms with Crippen LogP contribution in [0.5, 0.6) is 0 Å². The van der Waals surface area contributed by atoms with E-state index in [1.54, 1.807) is 0 Å². The predicted octanol–water partition coefficient (Wildman–Crippen LogP) is 2.12. The zero-order valence-corrected chi connectivity index (χ0v) is 9.63. The van der Waals surface area contributed by atoms with E-state index in [0.29, 0.717) is 32.2 Å². The van der Waals surface area contributed by atoms with E-state index in [0.717, 1.165) is 12.1 Å². The number of amides is 1. The van der Waals surface area contributed by atoms with E-state index in [-0.39, 0.29) is 5.56 Å². The summed E-state index contributed by atoms with van der Waals surface area (Å²) in [6, 6.07) is 2.87. The van der Waals surface area contributed by atoms with Crippen LogP contribution < -0.4 is 5.32 Å². The van der Waals surface area contributed by atoms with Crippen LogP contribution in [0, 0.1) is 11.6 Å². The van der Waals surface area contributed by atoms with E-state index < -0.39 is 17.5 Å². The van der Waals surface area contributed by atoms with E-state index >= 15 is 0 Å². The molecule has 0 saturated carbocycles. The third-order valence-corrected chi connectivity index (χ3v) is 2.13. The minimum Gasteiger partial charge on any atom is -0.382 e. The van der Waals surface area contributed by atoms with Crippen molar-refractivity contribution in [3.63, 3.8) is 0 Å². The quantitative estimate of drug-likeness (QED) is 0.777. The van der Waals surface area contributed by atoms with Gasteiger partial charge in [0.25, 0.3) is 5.91 Å². The maximum Gasteiger partial charge on any atom is 0.254 e. The standard InChI is InChI=1S/C12H15F2NO2/c1-2-17-7-3-6-15-12(16)10-5-4-9(13)8-11(10)14/h4-5,8H,2-3,6-7H2,1H3,(H,15,16). The van der Waals surface area contributed by atoms with Crippen LogP contribution in [0.3, 0.4) is 0 Å². The first-order chi connectivity index (χ1) is 8.15. The number of carbonyl (C=O) groups is 1. The Kier molecular flexibility index (Phi) is 5.56. The van der Waals surface area contributed by atoms with Gasteiger partial charge in [-0.25, -0.2) is 8.78 Å². The van der Waals surface area contributed by atoms with Crippen LogP contribution in [0.4, 0.5) is 8.78 Å². The number of nitrogens with one attached hydrogen (secondary N) is 1. The van der Waals surface area contributed by atoms with Crippen LogP contribution in [0.1, 0.15) is 23.7 Å². The number of rotatable bonds is 6. The lowest BCUT2D eigenvalue weighted by Crippen LogP contribution is -2.26. The molecule has 1 N–H and O–H groups in total. The number of ether oxygens (including phenoxy) is 1. The van der Waals surface area contributed by atoms with Gasteiger partial charge in [-0.1, -0.05) is 0 Å². The van der Waals surface area contributed by atoms with E-state index in [2.05, 4.69) is 5.32 Å². The molecule has 0 aliphatic heterocycles. The Labute approximate surface area is 98.8 Å². The summed E-state index contributed by atoms with van der Waals surface area (Å²) in [7, 11) is 0. The fraction of sp³-hybridized carbons (Fsp3) is 0.417. The van der Waals surface area contributed by atoms with Gasteiger partial charge < -0.3 is 10.1 Å². The second-order valence-electron chi connectivity index (χ2n) is 3.43. The summed E-state index contributed by atoms with van der Waals surface area (Å²) in [4.78, 5) is 11.5. The first-order valence-electron chi connectivity index (χ1n) is 5.46. The molecule has 0 fully saturated rings. The molecule has 3 nitrogen and oxygen atoms in total. The average molecular weight is 243 g/mol. The molecule has 94 valence electrons. The highest BCUT2D eigenvalue weighted by molar-refractivity contribution is 5.94. The van der Waals surface area contributed by atoms with Crippen molar-refractivity contribution in [3.8, 4) is 0 Å². The molecule has 0 aromatic heterocycles. The lowest BCUT2D eigenvalue weighted by molar-refractivity contribution is 0.0940. The normalized spacial score (nSPS) is 10.3. The van der Waals surface area contributed by atoms with Gasteiger partial charge in [-0.3, -0.25) is 4.79 Å². The minimum absolute atomic E-state index is 0.150. The van der Waals surface area contributed by atoms with Crippen LogP contribution in [0.15, 0.2) is 18.2 Å². The average Bonchev–Trinajstić information content (AvgIpc) is 2.28. The molecule has 1 amide bonds. The molecule has 0 radical (unpaired) electrons. The Morgan fingerprint density at radius 3 is 2.82 bits per heavy atom. The van der Waals surface area contributed by atoms with E-state index in [1.165, 1.54) is 0 Å². The zero-order chi connectivity index (χ0) is 12.7. The van der Waals surface area contributed by atoms with Gasteiger partial charge in [0.2, 0.25) is 0 Å². The van der Waals surface area contributed by atoms with Crippen molar-refractivity contribution in [2.24, 2.45) is 0 Å². The highest BCUT2D eigenvalue weighted by atomic mass is 19.1. The fourth-order valence-corrected chi connectivity index (χ4v) is 1.29. The lowest BCUT2D eigenvalue weighted by atomic mass is 10.2. The summed E-state index contributed by atoms with van der Waals surface area (Å²) in [5.41, 5.74) is -0.150. The molecule has 1 aromatic rings. The van der Waals surface area contributed by atoms with Gasteiger partial charge in [-0.05, 0) is 25.5 Å².